The summed E-state index contributed by atoms with van der Waals surface area (Å²) in [6.45, 7) is 0.303. The van der Waals surface area contributed by atoms with Crippen LogP contribution in [0.5, 0.6) is 0 Å². The molecule has 0 saturated carbocycles. The molecule has 0 spiro atoms. The highest BCUT2D eigenvalue weighted by atomic mass is 32.2. The Bertz CT molecular complexity index is 1060. The number of imidazole rings is 1. The molecule has 0 unspecified atom stereocenters. The Morgan fingerprint density at radius 1 is 1.00 bits per heavy atom. The maximum absolute atomic E-state index is 13.2. The monoisotopic (exact) mass is 396 g/mol. The molecule has 1 aromatic heterocycles. The van der Waals surface area contributed by atoms with Crippen molar-refractivity contribution in [3.63, 3.8) is 0 Å². The first-order valence-electron chi connectivity index (χ1n) is 7.69. The van der Waals surface area contributed by atoms with Crippen LogP contribution < -0.4 is 10.9 Å². The number of sulfonamides is 1. The first-order chi connectivity index (χ1) is 12.6. The molecule has 0 bridgehead atoms. The molecule has 0 aliphatic carbocycles. The summed E-state index contributed by atoms with van der Waals surface area (Å²) in [5.74, 6) is 0.0641. The zero-order valence-corrected chi connectivity index (χ0v) is 14.6. The van der Waals surface area contributed by atoms with Gasteiger partial charge in [-0.3, -0.25) is 4.57 Å². The van der Waals surface area contributed by atoms with Crippen LogP contribution in [0.25, 0.3) is 17.1 Å². The quantitative estimate of drug-likeness (QED) is 0.707. The SMILES string of the molecule is NCc1ccc(-c2nc(C(F)(F)F)cn2-c2ccc(S(N)(=O)=O)cc2)cc1. The van der Waals surface area contributed by atoms with Crippen molar-refractivity contribution >= 4 is 10.0 Å². The second-order valence-electron chi connectivity index (χ2n) is 5.76. The summed E-state index contributed by atoms with van der Waals surface area (Å²) in [5, 5.41) is 5.05. The molecule has 0 aliphatic heterocycles. The lowest BCUT2D eigenvalue weighted by atomic mass is 10.1. The molecule has 0 aliphatic rings. The van der Waals surface area contributed by atoms with Gasteiger partial charge in [0.15, 0.2) is 5.69 Å². The first kappa shape index (κ1) is 19.1. The molecule has 3 rings (SSSR count). The van der Waals surface area contributed by atoms with Crippen LogP contribution in [0, 0.1) is 0 Å². The fraction of sp³-hybridized carbons (Fsp3) is 0.118. The van der Waals surface area contributed by atoms with Gasteiger partial charge >= 0.3 is 6.18 Å². The third-order valence-corrected chi connectivity index (χ3v) is 4.82. The van der Waals surface area contributed by atoms with Crippen LogP contribution in [-0.4, -0.2) is 18.0 Å². The average Bonchev–Trinajstić information content (AvgIpc) is 3.07. The lowest BCUT2D eigenvalue weighted by molar-refractivity contribution is -0.140. The second kappa shape index (κ2) is 6.80. The highest BCUT2D eigenvalue weighted by molar-refractivity contribution is 7.89. The maximum atomic E-state index is 13.2. The zero-order valence-electron chi connectivity index (χ0n) is 13.8. The third-order valence-electron chi connectivity index (χ3n) is 3.89. The van der Waals surface area contributed by atoms with E-state index in [0.29, 0.717) is 17.8 Å². The molecule has 4 N–H and O–H groups in total. The van der Waals surface area contributed by atoms with Crippen molar-refractivity contribution in [2.75, 3.05) is 0 Å². The van der Waals surface area contributed by atoms with Gasteiger partial charge in [0.2, 0.25) is 10.0 Å². The number of nitrogens with zero attached hydrogens (tertiary/aromatic N) is 2. The molecule has 0 radical (unpaired) electrons. The Morgan fingerprint density at radius 3 is 2.07 bits per heavy atom. The topological polar surface area (TPSA) is 104 Å². The fourth-order valence-corrected chi connectivity index (χ4v) is 3.02. The van der Waals surface area contributed by atoms with E-state index in [-0.39, 0.29) is 10.7 Å². The van der Waals surface area contributed by atoms with Crippen molar-refractivity contribution in [2.45, 2.75) is 17.6 Å². The van der Waals surface area contributed by atoms with Gasteiger partial charge in [0, 0.05) is 24.0 Å². The molecule has 0 fully saturated rings. The predicted molar refractivity (Wildman–Crippen MR) is 93.3 cm³/mol. The molecule has 0 amide bonds. The minimum absolute atomic E-state index is 0.0641. The van der Waals surface area contributed by atoms with Crippen molar-refractivity contribution in [3.8, 4) is 17.1 Å². The molecule has 6 nitrogen and oxygen atoms in total. The van der Waals surface area contributed by atoms with Crippen molar-refractivity contribution in [1.82, 2.24) is 9.55 Å². The van der Waals surface area contributed by atoms with Crippen LogP contribution in [0.4, 0.5) is 13.2 Å². The van der Waals surface area contributed by atoms with Crippen molar-refractivity contribution < 1.29 is 21.6 Å². The number of nitrogens with two attached hydrogens (primary N) is 2. The predicted octanol–water partition coefficient (Wildman–Crippen LogP) is 2.66. The number of hydrogen-bond acceptors (Lipinski definition) is 4. The van der Waals surface area contributed by atoms with E-state index in [1.807, 2.05) is 0 Å². The van der Waals surface area contributed by atoms with Crippen LogP contribution in [0.15, 0.2) is 59.6 Å². The summed E-state index contributed by atoms with van der Waals surface area (Å²) >= 11 is 0. The van der Waals surface area contributed by atoms with Gasteiger partial charge in [-0.05, 0) is 29.8 Å². The minimum atomic E-state index is -4.63. The zero-order chi connectivity index (χ0) is 19.8. The standard InChI is InChI=1S/C17H15F3N4O2S/c18-17(19,20)15-10-24(13-5-7-14(8-6-13)27(22,25)26)16(23-15)12-3-1-11(9-21)2-4-12/h1-8,10H,9,21H2,(H2,22,25,26). The van der Waals surface area contributed by atoms with Gasteiger partial charge in [-0.25, -0.2) is 18.5 Å². The van der Waals surface area contributed by atoms with E-state index in [0.717, 1.165) is 11.8 Å². The molecule has 0 saturated heterocycles. The number of primary sulfonamides is 1. The Labute approximate surface area is 153 Å². The van der Waals surface area contributed by atoms with Gasteiger partial charge < -0.3 is 5.73 Å². The van der Waals surface area contributed by atoms with Crippen molar-refractivity contribution in [3.05, 3.63) is 66.0 Å². The average molecular weight is 396 g/mol. The van der Waals surface area contributed by atoms with Crippen molar-refractivity contribution in [1.29, 1.82) is 0 Å². The minimum Gasteiger partial charge on any atom is -0.326 e. The van der Waals surface area contributed by atoms with Crippen molar-refractivity contribution in [2.24, 2.45) is 10.9 Å². The van der Waals surface area contributed by atoms with Crippen LogP contribution in [-0.2, 0) is 22.7 Å². The van der Waals surface area contributed by atoms with E-state index >= 15 is 0 Å². The number of aromatic nitrogens is 2. The van der Waals surface area contributed by atoms with E-state index in [9.17, 15) is 21.6 Å². The Kier molecular flexibility index (Phi) is 4.81. The number of halogens is 3. The number of rotatable bonds is 4. The van der Waals surface area contributed by atoms with E-state index in [1.165, 1.54) is 28.8 Å². The molecule has 142 valence electrons. The van der Waals surface area contributed by atoms with Crippen LogP contribution in [0.2, 0.25) is 0 Å². The Morgan fingerprint density at radius 2 is 1.59 bits per heavy atom. The molecule has 1 heterocycles. The number of hydrogen-bond donors (Lipinski definition) is 2. The molecule has 0 atom stereocenters. The summed E-state index contributed by atoms with van der Waals surface area (Å²) in [5.41, 5.74) is 6.07. The van der Waals surface area contributed by atoms with Gasteiger partial charge in [0.1, 0.15) is 5.82 Å². The molecular formula is C17H15F3N4O2S. The molecule has 10 heteroatoms. The van der Waals surface area contributed by atoms with Crippen LogP contribution in [0.1, 0.15) is 11.3 Å². The van der Waals surface area contributed by atoms with Crippen LogP contribution >= 0.6 is 0 Å². The van der Waals surface area contributed by atoms with Gasteiger partial charge in [0.05, 0.1) is 4.90 Å². The van der Waals surface area contributed by atoms with Gasteiger partial charge in [-0.15, -0.1) is 0 Å². The van der Waals surface area contributed by atoms with Gasteiger partial charge in [-0.2, -0.15) is 13.2 Å². The molecule has 27 heavy (non-hydrogen) atoms. The summed E-state index contributed by atoms with van der Waals surface area (Å²) in [6, 6.07) is 11.8. The normalized spacial score (nSPS) is 12.3. The smallest absolute Gasteiger partial charge is 0.326 e. The van der Waals surface area contributed by atoms with E-state index in [4.69, 9.17) is 10.9 Å². The largest absolute Gasteiger partial charge is 0.434 e. The highest BCUT2D eigenvalue weighted by Crippen LogP contribution is 2.32. The molecular weight excluding hydrogens is 381 g/mol. The maximum Gasteiger partial charge on any atom is 0.434 e. The summed E-state index contributed by atoms with van der Waals surface area (Å²) < 4.78 is 63.5. The first-order valence-corrected chi connectivity index (χ1v) is 9.23. The second-order valence-corrected chi connectivity index (χ2v) is 7.32. The van der Waals surface area contributed by atoms with Gasteiger partial charge in [-0.1, -0.05) is 24.3 Å². The van der Waals surface area contributed by atoms with E-state index in [1.54, 1.807) is 24.3 Å². The number of alkyl halides is 3. The van der Waals surface area contributed by atoms with Crippen LogP contribution in [0.3, 0.4) is 0 Å². The highest BCUT2D eigenvalue weighted by Gasteiger charge is 2.35. The van der Waals surface area contributed by atoms with E-state index in [2.05, 4.69) is 4.98 Å². The Hall–Kier alpha value is -2.69. The fourth-order valence-electron chi connectivity index (χ4n) is 2.50. The van der Waals surface area contributed by atoms with E-state index < -0.39 is 21.9 Å². The Balaban J connectivity index is 2.14. The lowest BCUT2D eigenvalue weighted by Gasteiger charge is -2.09. The summed E-state index contributed by atoms with van der Waals surface area (Å²) in [7, 11) is -3.91. The van der Waals surface area contributed by atoms with Gasteiger partial charge in [0.25, 0.3) is 0 Å². The molecule has 2 aromatic carbocycles. The summed E-state index contributed by atoms with van der Waals surface area (Å²) in [6.07, 6.45) is -3.77. The summed E-state index contributed by atoms with van der Waals surface area (Å²) in [4.78, 5) is 3.58. The number of benzene rings is 2. The lowest BCUT2D eigenvalue weighted by Crippen LogP contribution is -2.12. The third kappa shape index (κ3) is 4.02. The molecule has 3 aromatic rings.